The molecular formula is C19H17ClFN3O2. The number of carbonyl (C=O) groups excluding carboxylic acids is 1. The van der Waals surface area contributed by atoms with Crippen molar-refractivity contribution < 1.29 is 13.9 Å². The maximum atomic E-state index is 13.8. The van der Waals surface area contributed by atoms with Gasteiger partial charge in [-0.15, -0.1) is 0 Å². The Kier molecular flexibility index (Phi) is 5.23. The van der Waals surface area contributed by atoms with E-state index < -0.39 is 11.7 Å². The maximum Gasteiger partial charge on any atom is 0.276 e. The topological polar surface area (TPSA) is 56.2 Å². The third kappa shape index (κ3) is 4.21. The molecule has 7 heteroatoms. The molecule has 0 unspecified atom stereocenters. The molecule has 0 radical (unpaired) electrons. The van der Waals surface area contributed by atoms with E-state index in [0.29, 0.717) is 10.8 Å². The Morgan fingerprint density at radius 1 is 1.23 bits per heavy atom. The van der Waals surface area contributed by atoms with Crippen LogP contribution < -0.4 is 10.1 Å². The summed E-state index contributed by atoms with van der Waals surface area (Å²) in [5.74, 6) is -0.337. The number of halogens is 2. The van der Waals surface area contributed by atoms with Crippen molar-refractivity contribution in [2.45, 2.75) is 20.6 Å². The smallest absolute Gasteiger partial charge is 0.276 e. The Bertz CT molecular complexity index is 956. The molecule has 0 saturated carbocycles. The molecule has 3 rings (SSSR count). The molecule has 1 amide bonds. The summed E-state index contributed by atoms with van der Waals surface area (Å²) in [5.41, 5.74) is 2.04. The first-order valence-electron chi connectivity index (χ1n) is 7.92. The second-order valence-corrected chi connectivity index (χ2v) is 6.27. The molecule has 2 aromatic carbocycles. The third-order valence-corrected chi connectivity index (χ3v) is 4.16. The maximum absolute atomic E-state index is 13.8. The van der Waals surface area contributed by atoms with E-state index in [-0.39, 0.29) is 18.1 Å². The fraction of sp³-hybridized carbons (Fsp3) is 0.158. The lowest BCUT2D eigenvalue weighted by Crippen LogP contribution is -2.15. The fourth-order valence-corrected chi connectivity index (χ4v) is 2.44. The summed E-state index contributed by atoms with van der Waals surface area (Å²) in [6, 6.07) is 11.4. The number of aryl methyl sites for hydroxylation is 2. The number of nitrogens with one attached hydrogen (secondary N) is 1. The minimum Gasteiger partial charge on any atom is -0.471 e. The highest BCUT2D eigenvalue weighted by atomic mass is 35.5. The Labute approximate surface area is 155 Å². The van der Waals surface area contributed by atoms with Gasteiger partial charge >= 0.3 is 0 Å². The quantitative estimate of drug-likeness (QED) is 0.712. The van der Waals surface area contributed by atoms with E-state index >= 15 is 0 Å². The number of hydrogen-bond donors (Lipinski definition) is 1. The van der Waals surface area contributed by atoms with Gasteiger partial charge in [0.05, 0.1) is 5.69 Å². The van der Waals surface area contributed by atoms with Crippen molar-refractivity contribution in [3.8, 4) is 5.75 Å². The summed E-state index contributed by atoms with van der Waals surface area (Å²) in [6.07, 6.45) is 1.62. The molecule has 0 spiro atoms. The number of ether oxygens (including phenoxy) is 1. The third-order valence-electron chi connectivity index (χ3n) is 3.74. The minimum absolute atomic E-state index is 0.123. The van der Waals surface area contributed by atoms with Crippen LogP contribution in [0.5, 0.6) is 5.75 Å². The second-order valence-electron chi connectivity index (χ2n) is 5.86. The average molecular weight is 374 g/mol. The minimum atomic E-state index is -0.496. The monoisotopic (exact) mass is 373 g/mol. The van der Waals surface area contributed by atoms with E-state index in [1.807, 2.05) is 19.9 Å². The van der Waals surface area contributed by atoms with E-state index in [9.17, 15) is 9.18 Å². The number of carbonyl (C=O) groups is 1. The van der Waals surface area contributed by atoms with Crippen LogP contribution in [0.3, 0.4) is 0 Å². The lowest BCUT2D eigenvalue weighted by atomic mass is 10.2. The van der Waals surface area contributed by atoms with Gasteiger partial charge in [-0.25, -0.2) is 9.07 Å². The van der Waals surface area contributed by atoms with E-state index in [4.69, 9.17) is 16.3 Å². The molecule has 1 aromatic heterocycles. The predicted octanol–water partition coefficient (Wildman–Crippen LogP) is 4.58. The highest BCUT2D eigenvalue weighted by Gasteiger charge is 2.12. The number of hydrogen-bond acceptors (Lipinski definition) is 3. The largest absolute Gasteiger partial charge is 0.471 e. The molecule has 0 aliphatic heterocycles. The Hall–Kier alpha value is -2.86. The van der Waals surface area contributed by atoms with Gasteiger partial charge in [0.2, 0.25) is 0 Å². The summed E-state index contributed by atoms with van der Waals surface area (Å²) in [5, 5.41) is 7.33. The number of rotatable bonds is 5. The first-order chi connectivity index (χ1) is 12.4. The van der Waals surface area contributed by atoms with Crippen molar-refractivity contribution in [1.82, 2.24) is 9.78 Å². The van der Waals surface area contributed by atoms with Gasteiger partial charge in [-0.05, 0) is 61.4 Å². The summed E-state index contributed by atoms with van der Waals surface area (Å²) < 4.78 is 20.9. The standard InChI is InChI=1S/C19H17ClFN3O2/c1-12-3-6-16(21)18(9-12)22-19(25)17-7-8-24(23-17)11-26-14-4-5-15(20)13(2)10-14/h3-10H,11H2,1-2H3,(H,22,25). The lowest BCUT2D eigenvalue weighted by molar-refractivity contribution is 0.101. The molecule has 1 heterocycles. The van der Waals surface area contributed by atoms with Crippen LogP contribution in [0.1, 0.15) is 21.6 Å². The van der Waals surface area contributed by atoms with Crippen molar-refractivity contribution in [2.75, 3.05) is 5.32 Å². The van der Waals surface area contributed by atoms with Gasteiger partial charge in [0.25, 0.3) is 5.91 Å². The van der Waals surface area contributed by atoms with Crippen molar-refractivity contribution >= 4 is 23.2 Å². The van der Waals surface area contributed by atoms with Crippen molar-refractivity contribution in [2.24, 2.45) is 0 Å². The number of amides is 1. The lowest BCUT2D eigenvalue weighted by Gasteiger charge is -2.08. The molecule has 0 bridgehead atoms. The SMILES string of the molecule is Cc1ccc(F)c(NC(=O)c2ccn(COc3ccc(Cl)c(C)c3)n2)c1. The van der Waals surface area contributed by atoms with Gasteiger partial charge in [-0.2, -0.15) is 5.10 Å². The number of benzene rings is 2. The van der Waals surface area contributed by atoms with Crippen LogP contribution in [0.25, 0.3) is 0 Å². The first-order valence-corrected chi connectivity index (χ1v) is 8.30. The molecule has 0 fully saturated rings. The average Bonchev–Trinajstić information content (AvgIpc) is 3.08. The van der Waals surface area contributed by atoms with E-state index in [1.165, 1.54) is 10.7 Å². The van der Waals surface area contributed by atoms with Gasteiger partial charge in [0.1, 0.15) is 11.6 Å². The van der Waals surface area contributed by atoms with Gasteiger partial charge < -0.3 is 10.1 Å². The summed E-state index contributed by atoms with van der Waals surface area (Å²) >= 11 is 5.98. The van der Waals surface area contributed by atoms with Crippen molar-refractivity contribution in [3.05, 3.63) is 76.3 Å². The molecule has 5 nitrogen and oxygen atoms in total. The van der Waals surface area contributed by atoms with Crippen LogP contribution in [0, 0.1) is 19.7 Å². The van der Waals surface area contributed by atoms with Crippen molar-refractivity contribution in [1.29, 1.82) is 0 Å². The van der Waals surface area contributed by atoms with E-state index in [2.05, 4.69) is 10.4 Å². The van der Waals surface area contributed by atoms with Crippen LogP contribution in [0.15, 0.2) is 48.7 Å². The van der Waals surface area contributed by atoms with Gasteiger partial charge in [0.15, 0.2) is 12.4 Å². The molecule has 0 aliphatic rings. The zero-order valence-electron chi connectivity index (χ0n) is 14.3. The first kappa shape index (κ1) is 17.9. The Morgan fingerprint density at radius 2 is 2.04 bits per heavy atom. The molecule has 1 N–H and O–H groups in total. The molecule has 134 valence electrons. The molecule has 3 aromatic rings. The molecule has 0 saturated heterocycles. The molecule has 0 atom stereocenters. The molecule has 0 aliphatic carbocycles. The van der Waals surface area contributed by atoms with Crippen LogP contribution in [0.4, 0.5) is 10.1 Å². The fourth-order valence-electron chi connectivity index (χ4n) is 2.32. The van der Waals surface area contributed by atoms with Crippen LogP contribution >= 0.6 is 11.6 Å². The highest BCUT2D eigenvalue weighted by molar-refractivity contribution is 6.31. The van der Waals surface area contributed by atoms with E-state index in [1.54, 1.807) is 36.5 Å². The predicted molar refractivity (Wildman–Crippen MR) is 98.1 cm³/mol. The zero-order valence-corrected chi connectivity index (χ0v) is 15.0. The Balaban J connectivity index is 1.64. The van der Waals surface area contributed by atoms with Crippen LogP contribution in [-0.2, 0) is 6.73 Å². The normalized spacial score (nSPS) is 10.6. The van der Waals surface area contributed by atoms with Crippen LogP contribution in [0.2, 0.25) is 5.02 Å². The van der Waals surface area contributed by atoms with Gasteiger partial charge in [0, 0.05) is 11.2 Å². The van der Waals surface area contributed by atoms with Gasteiger partial charge in [-0.3, -0.25) is 4.79 Å². The Morgan fingerprint density at radius 3 is 2.81 bits per heavy atom. The number of aromatic nitrogens is 2. The summed E-state index contributed by atoms with van der Waals surface area (Å²) in [4.78, 5) is 12.2. The second kappa shape index (κ2) is 7.58. The van der Waals surface area contributed by atoms with Gasteiger partial charge in [-0.1, -0.05) is 17.7 Å². The van der Waals surface area contributed by atoms with Crippen LogP contribution in [-0.4, -0.2) is 15.7 Å². The molecular weight excluding hydrogens is 357 g/mol. The summed E-state index contributed by atoms with van der Waals surface area (Å²) in [7, 11) is 0. The zero-order chi connectivity index (χ0) is 18.7. The number of anilines is 1. The highest BCUT2D eigenvalue weighted by Crippen LogP contribution is 2.21. The van der Waals surface area contributed by atoms with E-state index in [0.717, 1.165) is 11.1 Å². The molecule has 26 heavy (non-hydrogen) atoms. The number of nitrogens with zero attached hydrogens (tertiary/aromatic N) is 2. The summed E-state index contributed by atoms with van der Waals surface area (Å²) in [6.45, 7) is 3.84. The van der Waals surface area contributed by atoms with Crippen molar-refractivity contribution in [3.63, 3.8) is 0 Å².